The highest BCUT2D eigenvalue weighted by molar-refractivity contribution is 5.82. The van der Waals surface area contributed by atoms with E-state index in [4.69, 9.17) is 0 Å². The van der Waals surface area contributed by atoms with Crippen molar-refractivity contribution in [3.8, 4) is 11.6 Å². The second-order valence-electron chi connectivity index (χ2n) is 7.32. The number of aromatic hydroxyl groups is 1. The zero-order valence-corrected chi connectivity index (χ0v) is 16.7. The fourth-order valence-corrected chi connectivity index (χ4v) is 3.79. The third kappa shape index (κ3) is 3.76. The molecule has 0 spiro atoms. The summed E-state index contributed by atoms with van der Waals surface area (Å²) >= 11 is 0. The molecule has 3 aromatic rings. The number of aromatic nitrogens is 3. The van der Waals surface area contributed by atoms with Gasteiger partial charge in [-0.05, 0) is 49.4 Å². The van der Waals surface area contributed by atoms with Gasteiger partial charge in [0.1, 0.15) is 5.56 Å². The summed E-state index contributed by atoms with van der Waals surface area (Å²) in [5.74, 6) is -0.434. The smallest absolute Gasteiger partial charge is 0.335 e. The van der Waals surface area contributed by atoms with Crippen molar-refractivity contribution in [3.05, 3.63) is 86.3 Å². The molecule has 8 heteroatoms. The first kappa shape index (κ1) is 19.6. The minimum Gasteiger partial charge on any atom is -0.493 e. The van der Waals surface area contributed by atoms with E-state index in [0.29, 0.717) is 5.69 Å². The second kappa shape index (κ2) is 8.36. The Morgan fingerprint density at radius 2 is 2.03 bits per heavy atom. The molecular formula is C22H23N5O3. The van der Waals surface area contributed by atoms with Gasteiger partial charge in [-0.1, -0.05) is 24.3 Å². The zero-order chi connectivity index (χ0) is 21.1. The van der Waals surface area contributed by atoms with Crippen LogP contribution in [0, 0.1) is 6.92 Å². The Kier molecular flexibility index (Phi) is 5.47. The molecule has 4 rings (SSSR count). The largest absolute Gasteiger partial charge is 0.493 e. The van der Waals surface area contributed by atoms with Crippen molar-refractivity contribution in [1.29, 1.82) is 0 Å². The molecule has 0 aliphatic carbocycles. The highest BCUT2D eigenvalue weighted by Crippen LogP contribution is 2.30. The molecule has 1 aromatic carbocycles. The van der Waals surface area contributed by atoms with Gasteiger partial charge >= 0.3 is 5.69 Å². The van der Waals surface area contributed by atoms with Crippen LogP contribution in [0.5, 0.6) is 5.88 Å². The fourth-order valence-electron chi connectivity index (χ4n) is 3.79. The minimum absolute atomic E-state index is 0.0483. The molecule has 0 amide bonds. The summed E-state index contributed by atoms with van der Waals surface area (Å²) in [4.78, 5) is 31.3. The highest BCUT2D eigenvalue weighted by Gasteiger charge is 2.23. The Hall–Kier alpha value is -3.68. The third-order valence-electron chi connectivity index (χ3n) is 5.36. The van der Waals surface area contributed by atoms with E-state index < -0.39 is 17.1 Å². The van der Waals surface area contributed by atoms with Crippen molar-refractivity contribution in [3.63, 3.8) is 0 Å². The normalized spacial score (nSPS) is 16.8. The van der Waals surface area contributed by atoms with Crippen LogP contribution in [0.3, 0.4) is 0 Å². The van der Waals surface area contributed by atoms with Gasteiger partial charge in [0.25, 0.3) is 5.56 Å². The molecule has 3 heterocycles. The minimum atomic E-state index is -0.699. The monoisotopic (exact) mass is 405 g/mol. The summed E-state index contributed by atoms with van der Waals surface area (Å²) in [5.41, 5.74) is 0.900. The van der Waals surface area contributed by atoms with Gasteiger partial charge in [0, 0.05) is 18.9 Å². The van der Waals surface area contributed by atoms with Crippen molar-refractivity contribution < 1.29 is 5.11 Å². The van der Waals surface area contributed by atoms with Crippen LogP contribution in [-0.2, 0) is 0 Å². The molecule has 0 bridgehead atoms. The number of benzene rings is 1. The molecule has 2 N–H and O–H groups in total. The molecule has 1 aliphatic rings. The highest BCUT2D eigenvalue weighted by atomic mass is 16.3. The number of aromatic amines is 1. The van der Waals surface area contributed by atoms with Crippen molar-refractivity contribution in [1.82, 2.24) is 19.5 Å². The van der Waals surface area contributed by atoms with Gasteiger partial charge in [0.15, 0.2) is 0 Å². The van der Waals surface area contributed by atoms with Gasteiger partial charge in [-0.3, -0.25) is 19.8 Å². The van der Waals surface area contributed by atoms with E-state index in [1.807, 2.05) is 42.4 Å². The molecule has 1 atom stereocenters. The lowest BCUT2D eigenvalue weighted by molar-refractivity contribution is 0.156. The summed E-state index contributed by atoms with van der Waals surface area (Å²) in [6.45, 7) is 2.55. The first-order valence-electron chi connectivity index (χ1n) is 9.91. The van der Waals surface area contributed by atoms with Gasteiger partial charge in [0.05, 0.1) is 17.9 Å². The number of piperidine rings is 1. The molecule has 154 valence electrons. The van der Waals surface area contributed by atoms with Crippen LogP contribution in [0.25, 0.3) is 5.69 Å². The molecule has 30 heavy (non-hydrogen) atoms. The van der Waals surface area contributed by atoms with Gasteiger partial charge < -0.3 is 5.11 Å². The van der Waals surface area contributed by atoms with Crippen molar-refractivity contribution in [2.45, 2.75) is 32.2 Å². The lowest BCUT2D eigenvalue weighted by atomic mass is 9.98. The Morgan fingerprint density at radius 1 is 1.20 bits per heavy atom. The molecule has 1 saturated heterocycles. The number of hydrogen-bond donors (Lipinski definition) is 2. The average molecular weight is 405 g/mol. The molecule has 8 nitrogen and oxygen atoms in total. The summed E-state index contributed by atoms with van der Waals surface area (Å²) in [5, 5.41) is 17.2. The van der Waals surface area contributed by atoms with Crippen LogP contribution in [-0.4, -0.2) is 37.4 Å². The van der Waals surface area contributed by atoms with Crippen LogP contribution in [0.15, 0.2) is 63.5 Å². The molecule has 0 radical (unpaired) electrons. The number of aryl methyl sites for hydroxylation is 1. The van der Waals surface area contributed by atoms with Crippen LogP contribution >= 0.6 is 0 Å². The van der Waals surface area contributed by atoms with Crippen molar-refractivity contribution in [2.75, 3.05) is 6.54 Å². The molecular weight excluding hydrogens is 382 g/mol. The molecule has 1 fully saturated rings. The van der Waals surface area contributed by atoms with E-state index >= 15 is 0 Å². The molecule has 0 saturated carbocycles. The van der Waals surface area contributed by atoms with Crippen molar-refractivity contribution in [2.24, 2.45) is 5.10 Å². The SMILES string of the molecule is Cc1ccccc1-n1c(O)c(/C=N/N2CCCCC2c2cccnc2)c(=O)[nH]c1=O. The Balaban J connectivity index is 1.73. The van der Waals surface area contributed by atoms with Crippen molar-refractivity contribution >= 4 is 6.21 Å². The number of pyridine rings is 1. The topological polar surface area (TPSA) is 104 Å². The summed E-state index contributed by atoms with van der Waals surface area (Å²) < 4.78 is 1.09. The number of para-hydroxylation sites is 1. The number of rotatable bonds is 4. The quantitative estimate of drug-likeness (QED) is 0.649. The predicted octanol–water partition coefficient (Wildman–Crippen LogP) is 2.50. The van der Waals surface area contributed by atoms with Gasteiger partial charge in [-0.15, -0.1) is 0 Å². The van der Waals surface area contributed by atoms with Gasteiger partial charge in [-0.25, -0.2) is 9.36 Å². The Morgan fingerprint density at radius 3 is 2.80 bits per heavy atom. The number of hydrogen-bond acceptors (Lipinski definition) is 6. The maximum atomic E-state index is 12.4. The summed E-state index contributed by atoms with van der Waals surface area (Å²) in [6, 6.07) is 11.1. The fraction of sp³-hybridized carbons (Fsp3) is 0.273. The van der Waals surface area contributed by atoms with Crippen LogP contribution < -0.4 is 11.2 Å². The second-order valence-corrected chi connectivity index (χ2v) is 7.32. The number of nitrogens with zero attached hydrogens (tertiary/aromatic N) is 4. The summed E-state index contributed by atoms with van der Waals surface area (Å²) in [7, 11) is 0. The van der Waals surface area contributed by atoms with Gasteiger partial charge in [0.2, 0.25) is 5.88 Å². The van der Waals surface area contributed by atoms with Gasteiger partial charge in [-0.2, -0.15) is 5.10 Å². The maximum absolute atomic E-state index is 12.4. The van der Waals surface area contributed by atoms with E-state index in [0.717, 1.165) is 41.5 Å². The number of hydrazone groups is 1. The van der Waals surface area contributed by atoms with E-state index in [1.165, 1.54) is 6.21 Å². The third-order valence-corrected chi connectivity index (χ3v) is 5.36. The van der Waals surface area contributed by atoms with Crippen LogP contribution in [0.2, 0.25) is 0 Å². The van der Waals surface area contributed by atoms with Crippen LogP contribution in [0.1, 0.15) is 42.0 Å². The number of H-pyrrole nitrogens is 1. The zero-order valence-electron chi connectivity index (χ0n) is 16.7. The van der Waals surface area contributed by atoms with Crippen LogP contribution in [0.4, 0.5) is 0 Å². The lowest BCUT2D eigenvalue weighted by Gasteiger charge is -2.33. The Bertz CT molecular complexity index is 1180. The average Bonchev–Trinajstić information content (AvgIpc) is 2.75. The lowest BCUT2D eigenvalue weighted by Crippen LogP contribution is -2.33. The van der Waals surface area contributed by atoms with E-state index in [-0.39, 0.29) is 11.6 Å². The first-order valence-corrected chi connectivity index (χ1v) is 9.91. The standard InChI is InChI=1S/C22H23N5O3/c1-15-7-2-3-9-18(15)27-21(29)17(20(28)25-22(27)30)14-24-26-12-5-4-10-19(26)16-8-6-11-23-13-16/h2-3,6-9,11,13-14,19,29H,4-5,10,12H2,1H3,(H,25,28,30)/b24-14+. The number of nitrogens with one attached hydrogen (secondary N) is 1. The Labute approximate surface area is 173 Å². The maximum Gasteiger partial charge on any atom is 0.335 e. The molecule has 1 unspecified atom stereocenters. The first-order chi connectivity index (χ1) is 14.6. The molecule has 2 aromatic heterocycles. The predicted molar refractivity (Wildman–Crippen MR) is 114 cm³/mol. The molecule has 1 aliphatic heterocycles. The van der Waals surface area contributed by atoms with E-state index in [9.17, 15) is 14.7 Å². The van der Waals surface area contributed by atoms with E-state index in [1.54, 1.807) is 18.3 Å². The summed E-state index contributed by atoms with van der Waals surface area (Å²) in [6.07, 6.45) is 7.87. The van der Waals surface area contributed by atoms with E-state index in [2.05, 4.69) is 15.1 Å².